The number of carbonyl (C=O) groups is 3. The summed E-state index contributed by atoms with van der Waals surface area (Å²) in [6.07, 6.45) is 3.19. The van der Waals surface area contributed by atoms with Crippen molar-refractivity contribution in [1.29, 1.82) is 0 Å². The predicted molar refractivity (Wildman–Crippen MR) is 104 cm³/mol. The molecule has 8 heteroatoms. The Labute approximate surface area is 172 Å². The van der Waals surface area contributed by atoms with Crippen LogP contribution < -0.4 is 0 Å². The van der Waals surface area contributed by atoms with Gasteiger partial charge >= 0.3 is 0 Å². The maximum atomic E-state index is 13.2. The molecule has 0 aromatic heterocycles. The second-order valence-corrected chi connectivity index (χ2v) is 8.66. The second kappa shape index (κ2) is 6.74. The highest BCUT2D eigenvalue weighted by atomic mass is 35.5. The highest BCUT2D eigenvalue weighted by Crippen LogP contribution is 2.64. The van der Waals surface area contributed by atoms with Gasteiger partial charge in [0.1, 0.15) is 17.5 Å². The van der Waals surface area contributed by atoms with Crippen molar-refractivity contribution in [2.75, 3.05) is 0 Å². The zero-order chi connectivity index (χ0) is 21.9. The number of halogens is 1. The minimum Gasteiger partial charge on any atom is -0.508 e. The van der Waals surface area contributed by atoms with Gasteiger partial charge in [0.05, 0.1) is 22.0 Å². The molecule has 0 unspecified atom stereocenters. The van der Waals surface area contributed by atoms with E-state index in [-0.39, 0.29) is 10.6 Å². The lowest BCUT2D eigenvalue weighted by atomic mass is 9.40. The third-order valence-electron chi connectivity index (χ3n) is 6.36. The standard InChI is InChI=1S/C21H23ClO7/c1-4-5-6-7-11(23)13-14-20(3,29)18(28)19(2,17(13)27)9-21(14)15(25)10(22)8-12(24)16(21)26/h4-8,12,14,16,23-24,26,29H,9H2,1-3H3/b5-4+,7-6+,13-11?/t12-,14-,16+,19+,20-,21-/m0/s1. The molecule has 7 nitrogen and oxygen atoms in total. The number of ketones is 3. The summed E-state index contributed by atoms with van der Waals surface area (Å²) in [5, 5.41) is 42.6. The van der Waals surface area contributed by atoms with Crippen LogP contribution >= 0.6 is 11.6 Å². The summed E-state index contributed by atoms with van der Waals surface area (Å²) in [6.45, 7) is 4.16. The van der Waals surface area contributed by atoms with Gasteiger partial charge in [-0.1, -0.05) is 29.8 Å². The fourth-order valence-electron chi connectivity index (χ4n) is 5.19. The Hall–Kier alpha value is -2.06. The van der Waals surface area contributed by atoms with Gasteiger partial charge in [-0.3, -0.25) is 14.4 Å². The summed E-state index contributed by atoms with van der Waals surface area (Å²) in [7, 11) is 0. The summed E-state index contributed by atoms with van der Waals surface area (Å²) in [6, 6.07) is 0. The number of fused-ring (bicyclic) bond motifs is 2. The Morgan fingerprint density at radius 3 is 2.38 bits per heavy atom. The molecule has 3 saturated carbocycles. The summed E-state index contributed by atoms with van der Waals surface area (Å²) in [5.74, 6) is -4.45. The van der Waals surface area contributed by atoms with E-state index in [4.69, 9.17) is 11.6 Å². The smallest absolute Gasteiger partial charge is 0.183 e. The summed E-state index contributed by atoms with van der Waals surface area (Å²) in [4.78, 5) is 39.3. The average molecular weight is 423 g/mol. The van der Waals surface area contributed by atoms with Gasteiger partial charge in [0.25, 0.3) is 0 Å². The van der Waals surface area contributed by atoms with E-state index in [1.54, 1.807) is 19.1 Å². The first-order chi connectivity index (χ1) is 13.4. The Morgan fingerprint density at radius 1 is 1.17 bits per heavy atom. The first kappa shape index (κ1) is 21.6. The number of aliphatic hydroxyl groups is 4. The number of Topliss-reactive ketones (excluding diaryl/α,β-unsaturated/α-hetero) is 3. The molecule has 0 radical (unpaired) electrons. The minimum atomic E-state index is -2.26. The quantitative estimate of drug-likeness (QED) is 0.228. The molecule has 156 valence electrons. The topological polar surface area (TPSA) is 132 Å². The van der Waals surface area contributed by atoms with Crippen molar-refractivity contribution in [3.63, 3.8) is 0 Å². The normalized spacial score (nSPS) is 44.3. The Bertz CT molecular complexity index is 925. The molecule has 4 rings (SSSR count). The molecule has 0 aromatic rings. The SMILES string of the molecule is C/C=C/C=C/C(O)=C1C(=O)[C@@]2(C)C[C@@]3(C(=O)C(Cl)=C[C@H](O)[C@H]3O)[C@@H]1[C@](C)(O)C2=O. The average Bonchev–Trinajstić information content (AvgIpc) is 2.65. The minimum absolute atomic E-state index is 0.338. The van der Waals surface area contributed by atoms with Crippen molar-refractivity contribution < 1.29 is 34.8 Å². The van der Waals surface area contributed by atoms with Crippen LogP contribution in [0, 0.1) is 16.7 Å². The Balaban J connectivity index is 2.37. The van der Waals surface area contributed by atoms with E-state index in [2.05, 4.69) is 0 Å². The van der Waals surface area contributed by atoms with Crippen LogP contribution in [0.15, 0.2) is 46.7 Å². The van der Waals surface area contributed by atoms with Gasteiger partial charge in [0.2, 0.25) is 0 Å². The highest BCUT2D eigenvalue weighted by Gasteiger charge is 2.77. The number of aliphatic hydroxyl groups excluding tert-OH is 3. The van der Waals surface area contributed by atoms with Gasteiger partial charge in [-0.05, 0) is 39.3 Å². The molecular formula is C21H23ClO7. The van der Waals surface area contributed by atoms with Gasteiger partial charge in [0.15, 0.2) is 17.3 Å². The van der Waals surface area contributed by atoms with Gasteiger partial charge in [0, 0.05) is 11.5 Å². The monoisotopic (exact) mass is 422 g/mol. The third kappa shape index (κ3) is 2.65. The maximum Gasteiger partial charge on any atom is 0.183 e. The maximum absolute atomic E-state index is 13.2. The molecule has 4 N–H and O–H groups in total. The van der Waals surface area contributed by atoms with E-state index in [0.717, 1.165) is 13.0 Å². The van der Waals surface area contributed by atoms with Gasteiger partial charge in [-0.15, -0.1) is 0 Å². The van der Waals surface area contributed by atoms with Crippen molar-refractivity contribution in [2.24, 2.45) is 16.7 Å². The summed E-state index contributed by atoms with van der Waals surface area (Å²) in [5.41, 5.74) is -6.44. The van der Waals surface area contributed by atoms with E-state index < -0.39 is 64.1 Å². The summed E-state index contributed by atoms with van der Waals surface area (Å²) >= 11 is 6.02. The van der Waals surface area contributed by atoms with Crippen LogP contribution in [-0.4, -0.2) is 55.6 Å². The van der Waals surface area contributed by atoms with Crippen molar-refractivity contribution in [3.05, 3.63) is 46.7 Å². The molecule has 0 amide bonds. The molecule has 4 aliphatic carbocycles. The molecule has 1 spiro atoms. The molecule has 4 aliphatic rings. The lowest BCUT2D eigenvalue weighted by molar-refractivity contribution is -0.203. The first-order valence-corrected chi connectivity index (χ1v) is 9.58. The van der Waals surface area contributed by atoms with Crippen molar-refractivity contribution in [1.82, 2.24) is 0 Å². The zero-order valence-corrected chi connectivity index (χ0v) is 17.0. The van der Waals surface area contributed by atoms with Crippen LogP contribution in [0.1, 0.15) is 27.2 Å². The molecule has 0 heterocycles. The highest BCUT2D eigenvalue weighted by molar-refractivity contribution is 6.44. The number of hydrogen-bond donors (Lipinski definition) is 4. The van der Waals surface area contributed by atoms with Crippen LogP contribution in [0.2, 0.25) is 0 Å². The number of allylic oxidation sites excluding steroid dienone is 5. The van der Waals surface area contributed by atoms with Crippen LogP contribution in [0.4, 0.5) is 0 Å². The molecule has 0 aromatic carbocycles. The van der Waals surface area contributed by atoms with E-state index >= 15 is 0 Å². The lowest BCUT2D eigenvalue weighted by Crippen LogP contribution is -2.75. The van der Waals surface area contributed by atoms with E-state index in [1.807, 2.05) is 0 Å². The third-order valence-corrected chi connectivity index (χ3v) is 6.66. The van der Waals surface area contributed by atoms with Crippen molar-refractivity contribution in [2.45, 2.75) is 45.0 Å². The van der Waals surface area contributed by atoms with Gasteiger partial charge < -0.3 is 20.4 Å². The van der Waals surface area contributed by atoms with E-state index in [0.29, 0.717) is 0 Å². The van der Waals surface area contributed by atoms with E-state index in [1.165, 1.54) is 19.1 Å². The molecule has 3 fully saturated rings. The first-order valence-electron chi connectivity index (χ1n) is 9.20. The fraction of sp³-hybridized carbons (Fsp3) is 0.476. The predicted octanol–water partition coefficient (Wildman–Crippen LogP) is 1.27. The fourth-order valence-corrected chi connectivity index (χ4v) is 5.49. The largest absolute Gasteiger partial charge is 0.508 e. The molecule has 2 bridgehead atoms. The van der Waals surface area contributed by atoms with Gasteiger partial charge in [-0.2, -0.15) is 0 Å². The molecular weight excluding hydrogens is 400 g/mol. The molecule has 29 heavy (non-hydrogen) atoms. The Morgan fingerprint density at radius 2 is 1.79 bits per heavy atom. The van der Waals surface area contributed by atoms with Gasteiger partial charge in [-0.25, -0.2) is 0 Å². The molecule has 0 saturated heterocycles. The van der Waals surface area contributed by atoms with Crippen LogP contribution in [0.25, 0.3) is 0 Å². The van der Waals surface area contributed by atoms with Crippen LogP contribution in [-0.2, 0) is 14.4 Å². The van der Waals surface area contributed by atoms with Crippen molar-refractivity contribution >= 4 is 29.0 Å². The van der Waals surface area contributed by atoms with Crippen LogP contribution in [0.3, 0.4) is 0 Å². The summed E-state index contributed by atoms with van der Waals surface area (Å²) < 4.78 is 0. The van der Waals surface area contributed by atoms with Crippen molar-refractivity contribution in [3.8, 4) is 0 Å². The molecule has 0 aliphatic heterocycles. The van der Waals surface area contributed by atoms with Crippen LogP contribution in [0.5, 0.6) is 0 Å². The zero-order valence-electron chi connectivity index (χ0n) is 16.2. The van der Waals surface area contributed by atoms with E-state index in [9.17, 15) is 34.8 Å². The lowest BCUT2D eigenvalue weighted by Gasteiger charge is -2.61. The molecule has 6 atom stereocenters. The number of hydrogen-bond acceptors (Lipinski definition) is 7. The second-order valence-electron chi connectivity index (χ2n) is 8.25. The number of rotatable bonds is 2. The number of carbonyl (C=O) groups excluding carboxylic acids is 3. The Kier molecular flexibility index (Phi) is 5.03.